The number of fused-ring (bicyclic) bond motifs is 1. The molecule has 1 aliphatic rings. The van der Waals surface area contributed by atoms with E-state index in [0.717, 1.165) is 30.2 Å². The molecular weight excluding hydrogens is 302 g/mol. The van der Waals surface area contributed by atoms with Crippen LogP contribution < -0.4 is 19.5 Å². The fourth-order valence-corrected chi connectivity index (χ4v) is 3.41. The van der Waals surface area contributed by atoms with E-state index in [2.05, 4.69) is 29.6 Å². The average molecular weight is 328 g/mol. The first kappa shape index (κ1) is 16.7. The number of para-hydroxylation sites is 1. The van der Waals surface area contributed by atoms with Crippen molar-refractivity contribution in [2.24, 2.45) is 0 Å². The lowest BCUT2D eigenvalue weighted by atomic mass is 9.89. The smallest absolute Gasteiger partial charge is 0.161 e. The van der Waals surface area contributed by atoms with Gasteiger partial charge in [0.15, 0.2) is 11.5 Å². The highest BCUT2D eigenvalue weighted by molar-refractivity contribution is 5.52. The van der Waals surface area contributed by atoms with E-state index in [-0.39, 0.29) is 6.04 Å². The van der Waals surface area contributed by atoms with Crippen molar-refractivity contribution in [3.05, 3.63) is 53.1 Å². The van der Waals surface area contributed by atoms with Crippen molar-refractivity contribution in [2.75, 3.05) is 26.9 Å². The molecule has 0 radical (unpaired) electrons. The first-order chi connectivity index (χ1) is 11.8. The standard InChI is InChI=1S/C20H25NO3/c1-4-23-18-12-14-10-11-21-20(16(14)13-19(18)24-5-2)15-8-6-7-9-17(15)22-3/h6-9,12-13,20-21H,4-5,10-11H2,1-3H3/p+1/t20-/m0/s1. The molecule has 0 saturated heterocycles. The minimum absolute atomic E-state index is 0.222. The summed E-state index contributed by atoms with van der Waals surface area (Å²) in [4.78, 5) is 0. The highest BCUT2D eigenvalue weighted by Crippen LogP contribution is 2.37. The lowest BCUT2D eigenvalue weighted by Crippen LogP contribution is -2.87. The van der Waals surface area contributed by atoms with E-state index in [1.54, 1.807) is 7.11 Å². The van der Waals surface area contributed by atoms with Gasteiger partial charge < -0.3 is 19.5 Å². The third-order valence-corrected chi connectivity index (χ3v) is 4.43. The molecule has 4 nitrogen and oxygen atoms in total. The summed E-state index contributed by atoms with van der Waals surface area (Å²) < 4.78 is 17.2. The molecule has 128 valence electrons. The van der Waals surface area contributed by atoms with Crippen LogP contribution in [0.2, 0.25) is 0 Å². The predicted octanol–water partition coefficient (Wildman–Crippen LogP) is 2.70. The summed E-state index contributed by atoms with van der Waals surface area (Å²) >= 11 is 0. The zero-order chi connectivity index (χ0) is 16.9. The minimum atomic E-state index is 0.222. The van der Waals surface area contributed by atoms with Gasteiger partial charge in [-0.05, 0) is 43.7 Å². The Kier molecular flexibility index (Phi) is 5.26. The van der Waals surface area contributed by atoms with Crippen LogP contribution in [-0.4, -0.2) is 26.9 Å². The molecule has 2 aromatic rings. The van der Waals surface area contributed by atoms with Crippen LogP contribution in [0, 0.1) is 0 Å². The van der Waals surface area contributed by atoms with Gasteiger partial charge in [0.1, 0.15) is 11.8 Å². The minimum Gasteiger partial charge on any atom is -0.496 e. The van der Waals surface area contributed by atoms with Gasteiger partial charge in [-0.3, -0.25) is 0 Å². The highest BCUT2D eigenvalue weighted by Gasteiger charge is 2.29. The number of hydrogen-bond acceptors (Lipinski definition) is 3. The maximum absolute atomic E-state index is 5.83. The van der Waals surface area contributed by atoms with Crippen LogP contribution in [0.1, 0.15) is 36.6 Å². The van der Waals surface area contributed by atoms with Gasteiger partial charge in [0.25, 0.3) is 0 Å². The topological polar surface area (TPSA) is 44.3 Å². The van der Waals surface area contributed by atoms with E-state index in [1.807, 2.05) is 26.0 Å². The Morgan fingerprint density at radius 3 is 2.38 bits per heavy atom. The molecule has 0 saturated carbocycles. The summed E-state index contributed by atoms with van der Waals surface area (Å²) in [6.07, 6.45) is 1.04. The summed E-state index contributed by atoms with van der Waals surface area (Å²) in [5, 5.41) is 2.37. The number of ether oxygens (including phenoxy) is 3. The second-order valence-electron chi connectivity index (χ2n) is 5.86. The normalized spacial score (nSPS) is 16.4. The van der Waals surface area contributed by atoms with Gasteiger partial charge in [-0.15, -0.1) is 0 Å². The Labute approximate surface area is 143 Å². The molecular formula is C20H26NO3+. The fourth-order valence-electron chi connectivity index (χ4n) is 3.41. The van der Waals surface area contributed by atoms with Crippen LogP contribution in [0.15, 0.2) is 36.4 Å². The predicted molar refractivity (Wildman–Crippen MR) is 94.1 cm³/mol. The Bertz CT molecular complexity index is 699. The van der Waals surface area contributed by atoms with Gasteiger partial charge >= 0.3 is 0 Å². The van der Waals surface area contributed by atoms with Crippen LogP contribution in [0.25, 0.3) is 0 Å². The molecule has 0 unspecified atom stereocenters. The summed E-state index contributed by atoms with van der Waals surface area (Å²) in [5.74, 6) is 2.60. The molecule has 2 aromatic carbocycles. The first-order valence-electron chi connectivity index (χ1n) is 8.67. The molecule has 0 aromatic heterocycles. The van der Waals surface area contributed by atoms with Crippen molar-refractivity contribution < 1.29 is 19.5 Å². The molecule has 1 heterocycles. The molecule has 0 fully saturated rings. The van der Waals surface area contributed by atoms with E-state index in [4.69, 9.17) is 14.2 Å². The van der Waals surface area contributed by atoms with Crippen LogP contribution >= 0.6 is 0 Å². The molecule has 1 aliphatic heterocycles. The Morgan fingerprint density at radius 2 is 1.67 bits per heavy atom. The maximum atomic E-state index is 5.83. The molecule has 0 spiro atoms. The average Bonchev–Trinajstić information content (AvgIpc) is 2.62. The Morgan fingerprint density at radius 1 is 0.958 bits per heavy atom. The largest absolute Gasteiger partial charge is 0.496 e. The number of hydrogen-bond donors (Lipinski definition) is 1. The SMILES string of the molecule is CCOc1cc2c(cc1OCC)[C@H](c1ccccc1OC)[NH2+]CC2. The monoisotopic (exact) mass is 328 g/mol. The van der Waals surface area contributed by atoms with Crippen molar-refractivity contribution >= 4 is 0 Å². The van der Waals surface area contributed by atoms with Gasteiger partial charge in [-0.1, -0.05) is 12.1 Å². The van der Waals surface area contributed by atoms with E-state index in [0.29, 0.717) is 13.2 Å². The molecule has 24 heavy (non-hydrogen) atoms. The van der Waals surface area contributed by atoms with Crippen molar-refractivity contribution in [2.45, 2.75) is 26.3 Å². The van der Waals surface area contributed by atoms with Crippen LogP contribution in [0.4, 0.5) is 0 Å². The highest BCUT2D eigenvalue weighted by atomic mass is 16.5. The zero-order valence-corrected chi connectivity index (χ0v) is 14.7. The van der Waals surface area contributed by atoms with Gasteiger partial charge in [-0.2, -0.15) is 0 Å². The van der Waals surface area contributed by atoms with Crippen molar-refractivity contribution in [1.82, 2.24) is 0 Å². The van der Waals surface area contributed by atoms with Gasteiger partial charge in [-0.25, -0.2) is 0 Å². The number of nitrogens with two attached hydrogens (primary N) is 1. The summed E-state index contributed by atoms with van der Waals surface area (Å²) in [5.41, 5.74) is 3.82. The number of rotatable bonds is 6. The Hall–Kier alpha value is -2.20. The lowest BCUT2D eigenvalue weighted by molar-refractivity contribution is -0.690. The quantitative estimate of drug-likeness (QED) is 0.887. The molecule has 2 N–H and O–H groups in total. The lowest BCUT2D eigenvalue weighted by Gasteiger charge is -2.27. The molecule has 1 atom stereocenters. The van der Waals surface area contributed by atoms with Crippen LogP contribution in [0.5, 0.6) is 17.2 Å². The third-order valence-electron chi connectivity index (χ3n) is 4.43. The van der Waals surface area contributed by atoms with E-state index in [9.17, 15) is 0 Å². The van der Waals surface area contributed by atoms with E-state index < -0.39 is 0 Å². The van der Waals surface area contributed by atoms with Gasteiger partial charge in [0, 0.05) is 12.0 Å². The number of benzene rings is 2. The molecule has 3 rings (SSSR count). The van der Waals surface area contributed by atoms with Crippen molar-refractivity contribution in [1.29, 1.82) is 0 Å². The molecule has 4 heteroatoms. The van der Waals surface area contributed by atoms with Crippen LogP contribution in [-0.2, 0) is 6.42 Å². The summed E-state index contributed by atoms with van der Waals surface area (Å²) in [6, 6.07) is 12.8. The maximum Gasteiger partial charge on any atom is 0.161 e. The van der Waals surface area contributed by atoms with Crippen molar-refractivity contribution in [3.8, 4) is 17.2 Å². The van der Waals surface area contributed by atoms with Crippen LogP contribution in [0.3, 0.4) is 0 Å². The molecule has 0 bridgehead atoms. The summed E-state index contributed by atoms with van der Waals surface area (Å²) in [7, 11) is 1.73. The summed E-state index contributed by atoms with van der Waals surface area (Å²) in [6.45, 7) is 6.32. The second kappa shape index (κ2) is 7.58. The van der Waals surface area contributed by atoms with Crippen molar-refractivity contribution in [3.63, 3.8) is 0 Å². The molecule has 0 aliphatic carbocycles. The zero-order valence-electron chi connectivity index (χ0n) is 14.7. The fraction of sp³-hybridized carbons (Fsp3) is 0.400. The van der Waals surface area contributed by atoms with E-state index in [1.165, 1.54) is 16.7 Å². The molecule has 0 amide bonds. The number of methoxy groups -OCH3 is 1. The Balaban J connectivity index is 2.07. The number of quaternary nitrogens is 1. The second-order valence-corrected chi connectivity index (χ2v) is 5.86. The van der Waals surface area contributed by atoms with Gasteiger partial charge in [0.2, 0.25) is 0 Å². The van der Waals surface area contributed by atoms with E-state index >= 15 is 0 Å². The van der Waals surface area contributed by atoms with Gasteiger partial charge in [0.05, 0.1) is 32.4 Å². The first-order valence-corrected chi connectivity index (χ1v) is 8.67. The third kappa shape index (κ3) is 3.20.